The van der Waals surface area contributed by atoms with E-state index in [0.717, 1.165) is 61.3 Å². The van der Waals surface area contributed by atoms with Crippen molar-refractivity contribution in [1.29, 1.82) is 0 Å². The third-order valence-corrected chi connectivity index (χ3v) is 6.98. The van der Waals surface area contributed by atoms with Crippen LogP contribution in [0.25, 0.3) is 11.4 Å². The third-order valence-electron chi connectivity index (χ3n) is 6.98. The lowest BCUT2D eigenvalue weighted by molar-refractivity contribution is -0.119. The minimum atomic E-state index is -0.208. The molecule has 1 unspecified atom stereocenters. The number of hydrogen-bond acceptors (Lipinski definition) is 6. The Kier molecular flexibility index (Phi) is 8.63. The zero-order valence-electron chi connectivity index (χ0n) is 22.5. The topological polar surface area (TPSA) is 99.7 Å². The average molecular weight is 509 g/mol. The number of urea groups is 1. The molecule has 1 fully saturated rings. The van der Waals surface area contributed by atoms with Gasteiger partial charge < -0.3 is 25.2 Å². The van der Waals surface area contributed by atoms with Crippen LogP contribution in [0.1, 0.15) is 58.2 Å². The highest BCUT2D eigenvalue weighted by molar-refractivity contribution is 5.89. The lowest BCUT2D eigenvalue weighted by Crippen LogP contribution is -2.46. The average Bonchev–Trinajstić information content (AvgIpc) is 2.90. The van der Waals surface area contributed by atoms with Gasteiger partial charge in [0, 0.05) is 36.4 Å². The van der Waals surface area contributed by atoms with Gasteiger partial charge in [-0.05, 0) is 55.4 Å². The minimum Gasteiger partial charge on any atom is -0.377 e. The molecule has 1 saturated heterocycles. The van der Waals surface area contributed by atoms with Crippen molar-refractivity contribution in [1.82, 2.24) is 20.2 Å². The van der Waals surface area contributed by atoms with Crippen LogP contribution in [-0.4, -0.2) is 66.2 Å². The normalized spacial score (nSPS) is 17.8. The molecular formula is C28H40N6O3. The number of fused-ring (bicyclic) bond motifs is 1. The maximum absolute atomic E-state index is 12.3. The Hall–Kier alpha value is -3.20. The van der Waals surface area contributed by atoms with Crippen LogP contribution in [0, 0.1) is 5.41 Å². The number of ether oxygens (including phenoxy) is 1. The molecule has 1 aromatic heterocycles. The molecular weight excluding hydrogens is 468 g/mol. The van der Waals surface area contributed by atoms with Crippen LogP contribution < -0.4 is 15.5 Å². The molecule has 37 heavy (non-hydrogen) atoms. The number of rotatable bonds is 8. The molecule has 0 radical (unpaired) electrons. The molecule has 0 aliphatic carbocycles. The summed E-state index contributed by atoms with van der Waals surface area (Å²) in [5.41, 5.74) is 3.86. The number of nitrogens with zero attached hydrogens (tertiary/aromatic N) is 4. The molecule has 200 valence electrons. The molecule has 0 saturated carbocycles. The van der Waals surface area contributed by atoms with E-state index in [1.165, 1.54) is 0 Å². The van der Waals surface area contributed by atoms with E-state index in [9.17, 15) is 9.59 Å². The number of hydrogen-bond donors (Lipinski definition) is 2. The summed E-state index contributed by atoms with van der Waals surface area (Å²) in [6.45, 7) is 12.7. The van der Waals surface area contributed by atoms with Crippen molar-refractivity contribution < 1.29 is 14.3 Å². The summed E-state index contributed by atoms with van der Waals surface area (Å²) in [6.07, 6.45) is 4.59. The van der Waals surface area contributed by atoms with Crippen LogP contribution in [0.4, 0.5) is 16.3 Å². The smallest absolute Gasteiger partial charge is 0.319 e. The minimum absolute atomic E-state index is 0.208. The Morgan fingerprint density at radius 2 is 1.97 bits per heavy atom. The predicted molar refractivity (Wildman–Crippen MR) is 146 cm³/mol. The number of benzene rings is 1. The van der Waals surface area contributed by atoms with Gasteiger partial charge in [0.15, 0.2) is 5.82 Å². The molecule has 2 aromatic rings. The molecule has 0 bridgehead atoms. The molecule has 9 heteroatoms. The summed E-state index contributed by atoms with van der Waals surface area (Å²) in [5, 5.41) is 5.82. The number of aromatic nitrogens is 2. The van der Waals surface area contributed by atoms with Gasteiger partial charge in [-0.15, -0.1) is 0 Å². The Labute approximate surface area is 220 Å². The number of morpholine rings is 1. The van der Waals surface area contributed by atoms with Gasteiger partial charge in [-0.1, -0.05) is 27.7 Å². The van der Waals surface area contributed by atoms with Gasteiger partial charge in [-0.3, -0.25) is 4.79 Å². The first kappa shape index (κ1) is 26.9. The van der Waals surface area contributed by atoms with Crippen LogP contribution in [-0.2, 0) is 22.5 Å². The van der Waals surface area contributed by atoms with E-state index in [4.69, 9.17) is 14.7 Å². The zero-order valence-corrected chi connectivity index (χ0v) is 22.5. The summed E-state index contributed by atoms with van der Waals surface area (Å²) in [5.74, 6) is 1.58. The highest BCUT2D eigenvalue weighted by atomic mass is 16.5. The first-order valence-corrected chi connectivity index (χ1v) is 13.4. The molecule has 3 amide bonds. The van der Waals surface area contributed by atoms with Gasteiger partial charge >= 0.3 is 6.03 Å². The molecule has 2 N–H and O–H groups in total. The SMILES string of the molecule is CCC1COCCN1c1nc(-c2ccc(NC(=O)NCCCC(C)(C)C)cc2)nc2c1CCN(C=O)C2. The van der Waals surface area contributed by atoms with Crippen LogP contribution in [0.5, 0.6) is 0 Å². The number of amides is 3. The van der Waals surface area contributed by atoms with Crippen molar-refractivity contribution in [3.63, 3.8) is 0 Å². The Balaban J connectivity index is 1.51. The molecule has 3 heterocycles. The van der Waals surface area contributed by atoms with Crippen molar-refractivity contribution in [2.24, 2.45) is 5.41 Å². The van der Waals surface area contributed by atoms with E-state index >= 15 is 0 Å². The highest BCUT2D eigenvalue weighted by Crippen LogP contribution is 2.32. The van der Waals surface area contributed by atoms with Gasteiger partial charge in [-0.2, -0.15) is 0 Å². The molecule has 2 aliphatic rings. The van der Waals surface area contributed by atoms with Crippen LogP contribution in [0.2, 0.25) is 0 Å². The molecule has 9 nitrogen and oxygen atoms in total. The third kappa shape index (κ3) is 6.97. The fraction of sp³-hybridized carbons (Fsp3) is 0.571. The van der Waals surface area contributed by atoms with E-state index in [0.29, 0.717) is 44.4 Å². The van der Waals surface area contributed by atoms with Crippen molar-refractivity contribution in [3.05, 3.63) is 35.5 Å². The second-order valence-electron chi connectivity index (χ2n) is 11.1. The van der Waals surface area contributed by atoms with Crippen molar-refractivity contribution >= 4 is 23.9 Å². The van der Waals surface area contributed by atoms with E-state index in [1.807, 2.05) is 24.3 Å². The summed E-state index contributed by atoms with van der Waals surface area (Å²) in [7, 11) is 0. The summed E-state index contributed by atoms with van der Waals surface area (Å²) in [4.78, 5) is 37.8. The van der Waals surface area contributed by atoms with Gasteiger partial charge in [0.1, 0.15) is 5.82 Å². The second-order valence-corrected chi connectivity index (χ2v) is 11.1. The zero-order chi connectivity index (χ0) is 26.4. The van der Waals surface area contributed by atoms with Gasteiger partial charge in [0.05, 0.1) is 31.5 Å². The standard InChI is InChI=1S/C28H40N6O3/c1-5-22-18-37-16-15-34(22)26-23-11-14-33(19-35)17-24(23)31-25(32-26)20-7-9-21(10-8-20)30-27(36)29-13-6-12-28(2,3)4/h7-10,19,22H,5-6,11-18H2,1-4H3,(H2,29,30,36). The summed E-state index contributed by atoms with van der Waals surface area (Å²) in [6, 6.07) is 7.65. The monoisotopic (exact) mass is 508 g/mol. The molecule has 4 rings (SSSR count). The molecule has 1 aromatic carbocycles. The number of carbonyl (C=O) groups excluding carboxylic acids is 2. The largest absolute Gasteiger partial charge is 0.377 e. The van der Waals surface area contributed by atoms with Crippen molar-refractivity contribution in [2.75, 3.05) is 43.1 Å². The second kappa shape index (κ2) is 11.9. The van der Waals surface area contributed by atoms with Crippen molar-refractivity contribution in [3.8, 4) is 11.4 Å². The lowest BCUT2D eigenvalue weighted by Gasteiger charge is -2.38. The summed E-state index contributed by atoms with van der Waals surface area (Å²) >= 11 is 0. The van der Waals surface area contributed by atoms with E-state index in [-0.39, 0.29) is 17.5 Å². The van der Waals surface area contributed by atoms with Crippen molar-refractivity contribution in [2.45, 2.75) is 66.0 Å². The first-order valence-electron chi connectivity index (χ1n) is 13.4. The molecule has 2 aliphatic heterocycles. The quantitative estimate of drug-likeness (QED) is 0.409. The van der Waals surface area contributed by atoms with Gasteiger partial charge in [-0.25, -0.2) is 14.8 Å². The maximum Gasteiger partial charge on any atom is 0.319 e. The highest BCUT2D eigenvalue weighted by Gasteiger charge is 2.29. The fourth-order valence-electron chi connectivity index (χ4n) is 4.86. The van der Waals surface area contributed by atoms with Gasteiger partial charge in [0.2, 0.25) is 6.41 Å². The van der Waals surface area contributed by atoms with Crippen LogP contribution in [0.15, 0.2) is 24.3 Å². The fourth-order valence-corrected chi connectivity index (χ4v) is 4.86. The lowest BCUT2D eigenvalue weighted by atomic mass is 9.91. The Morgan fingerprint density at radius 3 is 2.68 bits per heavy atom. The number of nitrogens with one attached hydrogen (secondary N) is 2. The maximum atomic E-state index is 12.3. The van der Waals surface area contributed by atoms with E-state index in [1.54, 1.807) is 4.90 Å². The van der Waals surface area contributed by atoms with E-state index in [2.05, 4.69) is 43.2 Å². The Morgan fingerprint density at radius 1 is 1.19 bits per heavy atom. The van der Waals surface area contributed by atoms with Crippen LogP contribution >= 0.6 is 0 Å². The molecule has 1 atom stereocenters. The van der Waals surface area contributed by atoms with E-state index < -0.39 is 0 Å². The number of anilines is 2. The van der Waals surface area contributed by atoms with Crippen LogP contribution in [0.3, 0.4) is 0 Å². The predicted octanol–water partition coefficient (Wildman–Crippen LogP) is 4.22. The summed E-state index contributed by atoms with van der Waals surface area (Å²) < 4.78 is 5.73. The van der Waals surface area contributed by atoms with Gasteiger partial charge in [0.25, 0.3) is 0 Å². The first-order chi connectivity index (χ1) is 17.8. The molecule has 0 spiro atoms. The number of carbonyl (C=O) groups is 2. The Bertz CT molecular complexity index is 1080.